The van der Waals surface area contributed by atoms with Gasteiger partial charge in [0.25, 0.3) is 5.91 Å². The van der Waals surface area contributed by atoms with Crippen LogP contribution in [0.2, 0.25) is 0 Å². The van der Waals surface area contributed by atoms with Crippen molar-refractivity contribution < 1.29 is 4.79 Å². The maximum Gasteiger partial charge on any atom is 0.263 e. The number of carbonyl (C=O) groups is 1. The number of nitrogens with zero attached hydrogens (tertiary/aromatic N) is 3. The fourth-order valence-corrected chi connectivity index (χ4v) is 3.15. The molecular formula is C22H26N6O. The molecule has 0 atom stereocenters. The number of hydrogen-bond donors (Lipinski definition) is 3. The maximum atomic E-state index is 12.6. The van der Waals surface area contributed by atoms with E-state index in [2.05, 4.69) is 15.5 Å². The van der Waals surface area contributed by atoms with E-state index < -0.39 is 0 Å². The van der Waals surface area contributed by atoms with Crippen LogP contribution in [0.1, 0.15) is 0 Å². The van der Waals surface area contributed by atoms with E-state index in [1.807, 2.05) is 53.4 Å². The molecule has 1 fully saturated rings. The fraction of sp³-hybridized carbons (Fsp3) is 0.273. The largest absolute Gasteiger partial charge is 0.399 e. The van der Waals surface area contributed by atoms with E-state index in [1.165, 1.54) is 0 Å². The minimum Gasteiger partial charge on any atom is -0.399 e. The summed E-state index contributed by atoms with van der Waals surface area (Å²) in [5.41, 5.74) is 8.15. The van der Waals surface area contributed by atoms with Crippen molar-refractivity contribution in [2.45, 2.75) is 0 Å². The SMILES string of the molecule is N#C/C(=C/N(c1ccccc1)c1ccc(N)cc1)C(=O)NCCN1CCNCC1. The van der Waals surface area contributed by atoms with Crippen molar-refractivity contribution in [1.29, 1.82) is 5.26 Å². The van der Waals surface area contributed by atoms with E-state index >= 15 is 0 Å². The van der Waals surface area contributed by atoms with Crippen LogP contribution in [0.15, 0.2) is 66.4 Å². The lowest BCUT2D eigenvalue weighted by molar-refractivity contribution is -0.117. The van der Waals surface area contributed by atoms with Gasteiger partial charge >= 0.3 is 0 Å². The normalized spacial score (nSPS) is 14.8. The average Bonchev–Trinajstić information content (AvgIpc) is 2.77. The molecule has 7 heteroatoms. The summed E-state index contributed by atoms with van der Waals surface area (Å²) in [4.78, 5) is 16.7. The van der Waals surface area contributed by atoms with Gasteiger partial charge in [-0.2, -0.15) is 5.26 Å². The quantitative estimate of drug-likeness (QED) is 0.379. The predicted molar refractivity (Wildman–Crippen MR) is 115 cm³/mol. The molecule has 0 aromatic heterocycles. The number of hydrogen-bond acceptors (Lipinski definition) is 6. The van der Waals surface area contributed by atoms with E-state index in [9.17, 15) is 10.1 Å². The number of piperazine rings is 1. The molecule has 2 aromatic rings. The Kier molecular flexibility index (Phi) is 7.22. The van der Waals surface area contributed by atoms with Gasteiger partial charge < -0.3 is 21.3 Å². The van der Waals surface area contributed by atoms with Crippen LogP contribution < -0.4 is 21.3 Å². The van der Waals surface area contributed by atoms with Crippen LogP contribution in [0, 0.1) is 11.3 Å². The number of carbonyl (C=O) groups excluding carboxylic acids is 1. The summed E-state index contributed by atoms with van der Waals surface area (Å²) in [6.07, 6.45) is 1.57. The summed E-state index contributed by atoms with van der Waals surface area (Å²) < 4.78 is 0. The fourth-order valence-electron chi connectivity index (χ4n) is 3.15. The van der Waals surface area contributed by atoms with Gasteiger partial charge in [0.1, 0.15) is 11.6 Å². The van der Waals surface area contributed by atoms with Crippen LogP contribution in [0.25, 0.3) is 0 Å². The summed E-state index contributed by atoms with van der Waals surface area (Å²) in [6, 6.07) is 18.9. The minimum atomic E-state index is -0.376. The summed E-state index contributed by atoms with van der Waals surface area (Å²) in [5.74, 6) is -0.376. The highest BCUT2D eigenvalue weighted by molar-refractivity contribution is 5.98. The molecule has 0 aliphatic carbocycles. The van der Waals surface area contributed by atoms with Gasteiger partial charge in [-0.15, -0.1) is 0 Å². The Balaban J connectivity index is 1.74. The van der Waals surface area contributed by atoms with Crippen LogP contribution in [0.5, 0.6) is 0 Å². The number of nitrogens with one attached hydrogen (secondary N) is 2. The summed E-state index contributed by atoms with van der Waals surface area (Å²) in [5, 5.41) is 15.7. The van der Waals surface area contributed by atoms with Gasteiger partial charge in [0, 0.05) is 62.5 Å². The third-order valence-corrected chi connectivity index (χ3v) is 4.75. The highest BCUT2D eigenvalue weighted by Crippen LogP contribution is 2.27. The number of anilines is 3. The van der Waals surface area contributed by atoms with Crippen molar-refractivity contribution in [3.8, 4) is 6.07 Å². The standard InChI is InChI=1S/C22H26N6O/c23-16-18(22(29)26-12-15-27-13-10-25-11-14-27)17-28(20-4-2-1-3-5-20)21-8-6-19(24)7-9-21/h1-9,17,25H,10-15,24H2,(H,26,29)/b18-17-. The van der Waals surface area contributed by atoms with E-state index in [1.54, 1.807) is 18.3 Å². The van der Waals surface area contributed by atoms with Crippen LogP contribution in [-0.4, -0.2) is 50.1 Å². The van der Waals surface area contributed by atoms with E-state index in [4.69, 9.17) is 5.73 Å². The first-order valence-corrected chi connectivity index (χ1v) is 9.70. The molecule has 0 radical (unpaired) electrons. The van der Waals surface area contributed by atoms with Gasteiger partial charge in [-0.1, -0.05) is 18.2 Å². The Morgan fingerprint density at radius 3 is 2.45 bits per heavy atom. The highest BCUT2D eigenvalue weighted by Gasteiger charge is 2.15. The zero-order valence-electron chi connectivity index (χ0n) is 16.3. The van der Waals surface area contributed by atoms with Crippen molar-refractivity contribution in [1.82, 2.24) is 15.5 Å². The molecule has 4 N–H and O–H groups in total. The number of benzene rings is 2. The molecule has 1 aliphatic heterocycles. The molecule has 0 unspecified atom stereocenters. The molecular weight excluding hydrogens is 364 g/mol. The van der Waals surface area contributed by atoms with Crippen molar-refractivity contribution in [2.75, 3.05) is 49.9 Å². The van der Waals surface area contributed by atoms with Crippen LogP contribution in [0.4, 0.5) is 17.1 Å². The molecule has 7 nitrogen and oxygen atoms in total. The van der Waals surface area contributed by atoms with Crippen molar-refractivity contribution in [3.05, 3.63) is 66.4 Å². The summed E-state index contributed by atoms with van der Waals surface area (Å²) >= 11 is 0. The lowest BCUT2D eigenvalue weighted by Gasteiger charge is -2.27. The first kappa shape index (κ1) is 20.4. The topological polar surface area (TPSA) is 97.4 Å². The zero-order chi connectivity index (χ0) is 20.5. The second-order valence-corrected chi connectivity index (χ2v) is 6.80. The molecule has 1 saturated heterocycles. The maximum absolute atomic E-state index is 12.6. The Labute approximate surface area is 171 Å². The molecule has 1 aliphatic rings. The monoisotopic (exact) mass is 390 g/mol. The van der Waals surface area contributed by atoms with Crippen molar-refractivity contribution >= 4 is 23.0 Å². The van der Waals surface area contributed by atoms with Gasteiger partial charge in [-0.05, 0) is 36.4 Å². The molecule has 3 rings (SSSR count). The zero-order valence-corrected chi connectivity index (χ0v) is 16.3. The first-order chi connectivity index (χ1) is 14.2. The van der Waals surface area contributed by atoms with E-state index in [0.717, 1.165) is 44.1 Å². The van der Waals surface area contributed by atoms with Gasteiger partial charge in [-0.25, -0.2) is 0 Å². The van der Waals surface area contributed by atoms with Gasteiger partial charge in [0.15, 0.2) is 0 Å². The Hall–Kier alpha value is -3.34. The molecule has 2 aromatic carbocycles. The number of nitriles is 1. The van der Waals surface area contributed by atoms with Crippen molar-refractivity contribution in [2.24, 2.45) is 0 Å². The summed E-state index contributed by atoms with van der Waals surface area (Å²) in [6.45, 7) is 5.14. The lowest BCUT2D eigenvalue weighted by Crippen LogP contribution is -2.46. The van der Waals surface area contributed by atoms with E-state index in [0.29, 0.717) is 12.2 Å². The number of nitrogens with two attached hydrogens (primary N) is 1. The van der Waals surface area contributed by atoms with Crippen molar-refractivity contribution in [3.63, 3.8) is 0 Å². The van der Waals surface area contributed by atoms with Crippen LogP contribution in [-0.2, 0) is 4.79 Å². The molecule has 0 saturated carbocycles. The lowest BCUT2D eigenvalue weighted by atomic mass is 10.2. The second kappa shape index (κ2) is 10.3. The molecule has 0 bridgehead atoms. The Morgan fingerprint density at radius 1 is 1.14 bits per heavy atom. The Bertz CT molecular complexity index is 866. The molecule has 1 heterocycles. The smallest absolute Gasteiger partial charge is 0.263 e. The van der Waals surface area contributed by atoms with Gasteiger partial charge in [0.2, 0.25) is 0 Å². The number of para-hydroxylation sites is 1. The predicted octanol–water partition coefficient (Wildman–Crippen LogP) is 1.84. The number of amides is 1. The minimum absolute atomic E-state index is 0.0472. The third-order valence-electron chi connectivity index (χ3n) is 4.75. The molecule has 150 valence electrons. The summed E-state index contributed by atoms with van der Waals surface area (Å²) in [7, 11) is 0. The average molecular weight is 390 g/mol. The van der Waals surface area contributed by atoms with Crippen LogP contribution in [0.3, 0.4) is 0 Å². The molecule has 29 heavy (non-hydrogen) atoms. The third kappa shape index (κ3) is 5.82. The van der Waals surface area contributed by atoms with Gasteiger partial charge in [0.05, 0.1) is 0 Å². The van der Waals surface area contributed by atoms with E-state index in [-0.39, 0.29) is 11.5 Å². The Morgan fingerprint density at radius 2 is 1.79 bits per heavy atom. The second-order valence-electron chi connectivity index (χ2n) is 6.80. The molecule has 1 amide bonds. The molecule has 0 spiro atoms. The number of rotatable bonds is 7. The number of nitrogen functional groups attached to an aromatic ring is 1. The van der Waals surface area contributed by atoms with Crippen LogP contribution >= 0.6 is 0 Å². The van der Waals surface area contributed by atoms with Gasteiger partial charge in [-0.3, -0.25) is 9.69 Å². The highest BCUT2D eigenvalue weighted by atomic mass is 16.1. The first-order valence-electron chi connectivity index (χ1n) is 9.70.